The molecule has 132 valence electrons. The van der Waals surface area contributed by atoms with E-state index in [0.29, 0.717) is 5.69 Å². The number of piperidine rings is 1. The summed E-state index contributed by atoms with van der Waals surface area (Å²) in [6.07, 6.45) is 1.80. The van der Waals surface area contributed by atoms with Crippen molar-refractivity contribution in [3.05, 3.63) is 59.9 Å². The second-order valence-corrected chi connectivity index (χ2v) is 6.40. The Morgan fingerprint density at radius 2 is 1.88 bits per heavy atom. The summed E-state index contributed by atoms with van der Waals surface area (Å²) in [4.78, 5) is 14.4. The van der Waals surface area contributed by atoms with Crippen LogP contribution in [-0.4, -0.2) is 30.1 Å². The average Bonchev–Trinajstić information content (AvgIpc) is 2.59. The van der Waals surface area contributed by atoms with E-state index < -0.39 is 0 Å². The Hall–Kier alpha value is -2.60. The topological polar surface area (TPSA) is 70.4 Å². The van der Waals surface area contributed by atoms with Crippen LogP contribution in [0.5, 0.6) is 0 Å². The van der Waals surface area contributed by atoms with Gasteiger partial charge in [0, 0.05) is 37.1 Å². The monoisotopic (exact) mass is 342 g/mol. The fourth-order valence-corrected chi connectivity index (χ4v) is 3.07. The number of nitrogen functional groups attached to an aromatic ring is 1. The van der Waals surface area contributed by atoms with Gasteiger partial charge in [0.2, 0.25) is 0 Å². The van der Waals surface area contributed by atoms with Crippen LogP contribution in [-0.2, 0) is 6.54 Å². The minimum absolute atomic E-state index is 0.151. The molecule has 0 aliphatic carbocycles. The lowest BCUT2D eigenvalue weighted by Gasteiger charge is -2.32. The summed E-state index contributed by atoms with van der Waals surface area (Å²) in [5.41, 5.74) is 8.39. The number of hydrogen-bond donors (Lipinski definition) is 3. The highest BCUT2D eigenvalue weighted by atomic mass is 19.1. The van der Waals surface area contributed by atoms with E-state index in [1.54, 1.807) is 12.1 Å². The van der Waals surface area contributed by atoms with E-state index in [-0.39, 0.29) is 17.9 Å². The summed E-state index contributed by atoms with van der Waals surface area (Å²) in [6.45, 7) is 2.73. The molecular weight excluding hydrogens is 319 g/mol. The quantitative estimate of drug-likeness (QED) is 0.747. The van der Waals surface area contributed by atoms with Crippen molar-refractivity contribution in [2.45, 2.75) is 25.4 Å². The fourth-order valence-electron chi connectivity index (χ4n) is 3.07. The first-order chi connectivity index (χ1) is 12.1. The summed E-state index contributed by atoms with van der Waals surface area (Å²) in [6, 6.07) is 13.6. The Balaban J connectivity index is 1.42. The zero-order chi connectivity index (χ0) is 17.6. The van der Waals surface area contributed by atoms with Crippen LogP contribution in [0.2, 0.25) is 0 Å². The van der Waals surface area contributed by atoms with Crippen LogP contribution in [0, 0.1) is 5.82 Å². The molecule has 0 saturated carbocycles. The molecule has 1 aliphatic heterocycles. The SMILES string of the molecule is Nc1cccc(CN2CCC(NC(=O)Nc3ccc(F)cc3)CC2)c1. The van der Waals surface area contributed by atoms with Crippen LogP contribution in [0.25, 0.3) is 0 Å². The number of anilines is 2. The van der Waals surface area contributed by atoms with Gasteiger partial charge in [0.25, 0.3) is 0 Å². The zero-order valence-corrected chi connectivity index (χ0v) is 14.0. The summed E-state index contributed by atoms with van der Waals surface area (Å²) < 4.78 is 12.9. The van der Waals surface area contributed by atoms with Crippen molar-refractivity contribution >= 4 is 17.4 Å². The number of nitrogens with one attached hydrogen (secondary N) is 2. The third-order valence-corrected chi connectivity index (χ3v) is 4.38. The lowest BCUT2D eigenvalue weighted by Crippen LogP contribution is -2.45. The largest absolute Gasteiger partial charge is 0.399 e. The number of amides is 2. The highest BCUT2D eigenvalue weighted by Gasteiger charge is 2.20. The molecule has 0 spiro atoms. The van der Waals surface area contributed by atoms with Crippen molar-refractivity contribution in [2.75, 3.05) is 24.1 Å². The predicted octanol–water partition coefficient (Wildman–Crippen LogP) is 3.19. The molecule has 0 radical (unpaired) electrons. The maximum absolute atomic E-state index is 12.9. The Bertz CT molecular complexity index is 712. The van der Waals surface area contributed by atoms with E-state index >= 15 is 0 Å². The molecule has 1 aliphatic rings. The summed E-state index contributed by atoms with van der Waals surface area (Å²) in [5, 5.41) is 5.71. The number of benzene rings is 2. The van der Waals surface area contributed by atoms with E-state index in [2.05, 4.69) is 21.6 Å². The zero-order valence-electron chi connectivity index (χ0n) is 14.0. The fraction of sp³-hybridized carbons (Fsp3) is 0.316. The number of nitrogens with zero attached hydrogens (tertiary/aromatic N) is 1. The molecule has 2 amide bonds. The van der Waals surface area contributed by atoms with Gasteiger partial charge >= 0.3 is 6.03 Å². The number of hydrogen-bond acceptors (Lipinski definition) is 3. The second kappa shape index (κ2) is 7.98. The van der Waals surface area contributed by atoms with Gasteiger partial charge in [-0.05, 0) is 54.8 Å². The average molecular weight is 342 g/mol. The molecular formula is C19H23FN4O. The van der Waals surface area contributed by atoms with E-state index in [0.717, 1.165) is 38.2 Å². The molecule has 0 atom stereocenters. The number of urea groups is 1. The van der Waals surface area contributed by atoms with Gasteiger partial charge in [0.15, 0.2) is 0 Å². The minimum atomic E-state index is -0.321. The van der Waals surface area contributed by atoms with Gasteiger partial charge in [-0.25, -0.2) is 9.18 Å². The standard InChI is InChI=1S/C19H23FN4O/c20-15-4-6-17(7-5-15)22-19(25)23-18-8-10-24(11-9-18)13-14-2-1-3-16(21)12-14/h1-7,12,18H,8-11,13,21H2,(H2,22,23,25). The Labute approximate surface area is 147 Å². The van der Waals surface area contributed by atoms with Gasteiger partial charge in [-0.15, -0.1) is 0 Å². The lowest BCUT2D eigenvalue weighted by atomic mass is 10.0. The molecule has 0 unspecified atom stereocenters. The van der Waals surface area contributed by atoms with Gasteiger partial charge in [0.05, 0.1) is 0 Å². The van der Waals surface area contributed by atoms with Crippen molar-refractivity contribution in [3.8, 4) is 0 Å². The summed E-state index contributed by atoms with van der Waals surface area (Å²) >= 11 is 0. The number of carbonyl (C=O) groups excluding carboxylic acids is 1. The second-order valence-electron chi connectivity index (χ2n) is 6.40. The molecule has 6 heteroatoms. The highest BCUT2D eigenvalue weighted by molar-refractivity contribution is 5.89. The molecule has 1 heterocycles. The maximum Gasteiger partial charge on any atom is 0.319 e. The van der Waals surface area contributed by atoms with Gasteiger partial charge < -0.3 is 16.4 Å². The normalized spacial score (nSPS) is 15.7. The molecule has 3 rings (SSSR count). The molecule has 2 aromatic rings. The highest BCUT2D eigenvalue weighted by Crippen LogP contribution is 2.16. The van der Waals surface area contributed by atoms with Crippen molar-refractivity contribution in [1.82, 2.24) is 10.2 Å². The molecule has 0 bridgehead atoms. The molecule has 1 saturated heterocycles. The molecule has 25 heavy (non-hydrogen) atoms. The number of nitrogens with two attached hydrogens (primary N) is 1. The Kier molecular flexibility index (Phi) is 5.50. The third-order valence-electron chi connectivity index (χ3n) is 4.38. The van der Waals surface area contributed by atoms with E-state index in [4.69, 9.17) is 5.73 Å². The first-order valence-corrected chi connectivity index (χ1v) is 8.48. The molecule has 2 aromatic carbocycles. The van der Waals surface area contributed by atoms with Gasteiger partial charge in [-0.2, -0.15) is 0 Å². The van der Waals surface area contributed by atoms with Crippen LogP contribution >= 0.6 is 0 Å². The number of likely N-dealkylation sites (tertiary alicyclic amines) is 1. The van der Waals surface area contributed by atoms with Crippen LogP contribution in [0.4, 0.5) is 20.6 Å². The van der Waals surface area contributed by atoms with Crippen LogP contribution < -0.4 is 16.4 Å². The van der Waals surface area contributed by atoms with Crippen LogP contribution in [0.1, 0.15) is 18.4 Å². The first kappa shape index (κ1) is 17.2. The van der Waals surface area contributed by atoms with Gasteiger partial charge in [0.1, 0.15) is 5.82 Å². The van der Waals surface area contributed by atoms with Gasteiger partial charge in [-0.1, -0.05) is 12.1 Å². The van der Waals surface area contributed by atoms with Crippen molar-refractivity contribution in [2.24, 2.45) is 0 Å². The third kappa shape index (κ3) is 5.19. The molecule has 1 fully saturated rings. The molecule has 4 N–H and O–H groups in total. The van der Waals surface area contributed by atoms with E-state index in [9.17, 15) is 9.18 Å². The number of carbonyl (C=O) groups is 1. The smallest absolute Gasteiger partial charge is 0.319 e. The van der Waals surface area contributed by atoms with Crippen molar-refractivity contribution < 1.29 is 9.18 Å². The first-order valence-electron chi connectivity index (χ1n) is 8.48. The van der Waals surface area contributed by atoms with E-state index in [1.807, 2.05) is 18.2 Å². The number of halogens is 1. The number of rotatable bonds is 4. The summed E-state index contributed by atoms with van der Waals surface area (Å²) in [5.74, 6) is -0.321. The molecule has 5 nitrogen and oxygen atoms in total. The predicted molar refractivity (Wildman–Crippen MR) is 97.7 cm³/mol. The Morgan fingerprint density at radius 1 is 1.16 bits per heavy atom. The molecule has 0 aromatic heterocycles. The Morgan fingerprint density at radius 3 is 2.56 bits per heavy atom. The minimum Gasteiger partial charge on any atom is -0.399 e. The maximum atomic E-state index is 12.9. The van der Waals surface area contributed by atoms with Crippen molar-refractivity contribution in [1.29, 1.82) is 0 Å². The van der Waals surface area contributed by atoms with Gasteiger partial charge in [-0.3, -0.25) is 4.90 Å². The summed E-state index contributed by atoms with van der Waals surface area (Å²) in [7, 11) is 0. The lowest BCUT2D eigenvalue weighted by molar-refractivity contribution is 0.190. The van der Waals surface area contributed by atoms with Crippen LogP contribution in [0.3, 0.4) is 0 Å². The van der Waals surface area contributed by atoms with Crippen LogP contribution in [0.15, 0.2) is 48.5 Å². The van der Waals surface area contributed by atoms with E-state index in [1.165, 1.54) is 17.7 Å². The van der Waals surface area contributed by atoms with Crippen molar-refractivity contribution in [3.63, 3.8) is 0 Å².